The average Bonchev–Trinajstić information content (AvgIpc) is 2.31. The summed E-state index contributed by atoms with van der Waals surface area (Å²) in [4.78, 5) is 11.4. The first-order valence-corrected chi connectivity index (χ1v) is 4.07. The van der Waals surface area contributed by atoms with Gasteiger partial charge >= 0.3 is 0 Å². The third kappa shape index (κ3) is 2.59. The molecule has 11 heavy (non-hydrogen) atoms. The highest BCUT2D eigenvalue weighted by Gasteiger charge is 1.97. The summed E-state index contributed by atoms with van der Waals surface area (Å²) in [6.07, 6.45) is 0. The Morgan fingerprint density at radius 2 is 2.55 bits per heavy atom. The molecule has 4 heteroatoms. The van der Waals surface area contributed by atoms with Gasteiger partial charge in [-0.1, -0.05) is 0 Å². The van der Waals surface area contributed by atoms with E-state index in [2.05, 4.69) is 5.32 Å². The van der Waals surface area contributed by atoms with Crippen molar-refractivity contribution in [1.29, 1.82) is 0 Å². The molecule has 0 aliphatic rings. The van der Waals surface area contributed by atoms with Gasteiger partial charge in [-0.25, -0.2) is 0 Å². The summed E-state index contributed by atoms with van der Waals surface area (Å²) < 4.78 is 0. The Labute approximate surface area is 68.7 Å². The molecular weight excluding hydrogens is 162 g/mol. The number of thiophene rings is 1. The molecule has 0 saturated carbocycles. The number of amides is 1. The van der Waals surface area contributed by atoms with Crippen molar-refractivity contribution < 1.29 is 9.90 Å². The van der Waals surface area contributed by atoms with Crippen LogP contribution in [0.25, 0.3) is 0 Å². The molecule has 0 bridgehead atoms. The first kappa shape index (κ1) is 8.07. The SMILES string of the molecule is CC(=O)NCc1cc(O)cs1. The van der Waals surface area contributed by atoms with Crippen molar-refractivity contribution in [2.45, 2.75) is 13.5 Å². The molecule has 3 nitrogen and oxygen atoms in total. The maximum absolute atomic E-state index is 10.5. The summed E-state index contributed by atoms with van der Waals surface area (Å²) in [6, 6.07) is 1.64. The second-order valence-electron chi connectivity index (χ2n) is 2.18. The molecule has 0 radical (unpaired) electrons. The van der Waals surface area contributed by atoms with Crippen LogP contribution in [0.1, 0.15) is 11.8 Å². The van der Waals surface area contributed by atoms with E-state index in [0.717, 1.165) is 4.88 Å². The number of carbonyl (C=O) groups excluding carboxylic acids is 1. The van der Waals surface area contributed by atoms with E-state index in [1.165, 1.54) is 18.3 Å². The lowest BCUT2D eigenvalue weighted by atomic mass is 10.4. The zero-order valence-corrected chi connectivity index (χ0v) is 6.94. The largest absolute Gasteiger partial charge is 0.507 e. The summed E-state index contributed by atoms with van der Waals surface area (Å²) in [6.45, 7) is 1.97. The molecule has 0 aliphatic carbocycles. The van der Waals surface area contributed by atoms with E-state index in [0.29, 0.717) is 6.54 Å². The molecule has 0 unspecified atom stereocenters. The van der Waals surface area contributed by atoms with Crippen LogP contribution in [0.4, 0.5) is 0 Å². The first-order valence-electron chi connectivity index (χ1n) is 3.19. The fourth-order valence-corrected chi connectivity index (χ4v) is 1.36. The van der Waals surface area contributed by atoms with Gasteiger partial charge in [0, 0.05) is 17.2 Å². The molecule has 1 aromatic heterocycles. The van der Waals surface area contributed by atoms with Gasteiger partial charge in [-0.15, -0.1) is 11.3 Å². The van der Waals surface area contributed by atoms with Gasteiger partial charge in [0.05, 0.1) is 6.54 Å². The highest BCUT2D eigenvalue weighted by Crippen LogP contribution is 2.19. The van der Waals surface area contributed by atoms with E-state index in [1.54, 1.807) is 11.4 Å². The second kappa shape index (κ2) is 3.39. The highest BCUT2D eigenvalue weighted by atomic mass is 32.1. The smallest absolute Gasteiger partial charge is 0.217 e. The van der Waals surface area contributed by atoms with Gasteiger partial charge in [0.15, 0.2) is 0 Å². The Balaban J connectivity index is 2.45. The molecule has 1 aromatic rings. The van der Waals surface area contributed by atoms with E-state index < -0.39 is 0 Å². The highest BCUT2D eigenvalue weighted by molar-refractivity contribution is 7.10. The topological polar surface area (TPSA) is 49.3 Å². The molecule has 1 amide bonds. The van der Waals surface area contributed by atoms with Crippen LogP contribution < -0.4 is 5.32 Å². The van der Waals surface area contributed by atoms with Crippen molar-refractivity contribution in [3.8, 4) is 5.75 Å². The van der Waals surface area contributed by atoms with Crippen LogP contribution in [0.5, 0.6) is 5.75 Å². The summed E-state index contributed by atoms with van der Waals surface area (Å²) in [7, 11) is 0. The van der Waals surface area contributed by atoms with E-state index in [4.69, 9.17) is 5.11 Å². The third-order valence-corrected chi connectivity index (χ3v) is 2.08. The summed E-state index contributed by atoms with van der Waals surface area (Å²) in [5.41, 5.74) is 0. The Morgan fingerprint density at radius 1 is 1.82 bits per heavy atom. The van der Waals surface area contributed by atoms with Gasteiger partial charge in [0.2, 0.25) is 5.91 Å². The lowest BCUT2D eigenvalue weighted by molar-refractivity contribution is -0.119. The van der Waals surface area contributed by atoms with E-state index in [-0.39, 0.29) is 11.7 Å². The quantitative estimate of drug-likeness (QED) is 0.699. The number of carbonyl (C=O) groups is 1. The lowest BCUT2D eigenvalue weighted by Gasteiger charge is -1.96. The minimum Gasteiger partial charge on any atom is -0.507 e. The van der Waals surface area contributed by atoms with Crippen molar-refractivity contribution in [2.24, 2.45) is 0 Å². The van der Waals surface area contributed by atoms with Crippen molar-refractivity contribution in [2.75, 3.05) is 0 Å². The number of rotatable bonds is 2. The number of hydrogen-bond acceptors (Lipinski definition) is 3. The van der Waals surface area contributed by atoms with Crippen molar-refractivity contribution in [1.82, 2.24) is 5.32 Å². The first-order chi connectivity index (χ1) is 5.18. The van der Waals surface area contributed by atoms with Crippen molar-refractivity contribution >= 4 is 17.2 Å². The van der Waals surface area contributed by atoms with Crippen LogP contribution in [0.3, 0.4) is 0 Å². The van der Waals surface area contributed by atoms with Gasteiger partial charge in [0.1, 0.15) is 5.75 Å². The van der Waals surface area contributed by atoms with Gasteiger partial charge in [-0.05, 0) is 6.07 Å². The third-order valence-electron chi connectivity index (χ3n) is 1.15. The standard InChI is InChI=1S/C7H9NO2S/c1-5(9)8-3-7-2-6(10)4-11-7/h2,4,10H,3H2,1H3,(H,8,9). The van der Waals surface area contributed by atoms with Gasteiger partial charge < -0.3 is 10.4 Å². The van der Waals surface area contributed by atoms with Crippen LogP contribution in [0, 0.1) is 0 Å². The van der Waals surface area contributed by atoms with Crippen molar-refractivity contribution in [3.05, 3.63) is 16.3 Å². The monoisotopic (exact) mass is 171 g/mol. The normalized spacial score (nSPS) is 9.55. The predicted molar refractivity (Wildman–Crippen MR) is 43.5 cm³/mol. The molecule has 0 spiro atoms. The molecule has 0 aromatic carbocycles. The lowest BCUT2D eigenvalue weighted by Crippen LogP contribution is -2.17. The fraction of sp³-hybridized carbons (Fsp3) is 0.286. The van der Waals surface area contributed by atoms with Gasteiger partial charge in [0.25, 0.3) is 0 Å². The summed E-state index contributed by atoms with van der Waals surface area (Å²) >= 11 is 1.43. The Hall–Kier alpha value is -1.03. The molecule has 2 N–H and O–H groups in total. The molecular formula is C7H9NO2S. The minimum absolute atomic E-state index is 0.0575. The maximum atomic E-state index is 10.5. The number of aromatic hydroxyl groups is 1. The Morgan fingerprint density at radius 3 is 3.00 bits per heavy atom. The molecule has 0 saturated heterocycles. The van der Waals surface area contributed by atoms with Crippen LogP contribution in [-0.2, 0) is 11.3 Å². The predicted octanol–water partition coefficient (Wildman–Crippen LogP) is 1.09. The Kier molecular flexibility index (Phi) is 2.48. The number of nitrogens with one attached hydrogen (secondary N) is 1. The molecule has 0 fully saturated rings. The van der Waals surface area contributed by atoms with Crippen molar-refractivity contribution in [3.63, 3.8) is 0 Å². The van der Waals surface area contributed by atoms with Crippen LogP contribution in [0.2, 0.25) is 0 Å². The van der Waals surface area contributed by atoms with E-state index >= 15 is 0 Å². The molecule has 0 atom stereocenters. The minimum atomic E-state index is -0.0575. The van der Waals surface area contributed by atoms with Crippen LogP contribution >= 0.6 is 11.3 Å². The summed E-state index contributed by atoms with van der Waals surface area (Å²) in [5.74, 6) is 0.202. The molecule has 1 rings (SSSR count). The molecule has 60 valence electrons. The summed E-state index contributed by atoms with van der Waals surface area (Å²) in [5, 5.41) is 13.2. The molecule has 1 heterocycles. The Bertz CT molecular complexity index is 257. The second-order valence-corrected chi connectivity index (χ2v) is 3.18. The van der Waals surface area contributed by atoms with Crippen LogP contribution in [-0.4, -0.2) is 11.0 Å². The zero-order chi connectivity index (χ0) is 8.27. The van der Waals surface area contributed by atoms with E-state index in [1.807, 2.05) is 0 Å². The van der Waals surface area contributed by atoms with Crippen LogP contribution in [0.15, 0.2) is 11.4 Å². The van der Waals surface area contributed by atoms with Gasteiger partial charge in [-0.2, -0.15) is 0 Å². The molecule has 0 aliphatic heterocycles. The maximum Gasteiger partial charge on any atom is 0.217 e. The fourth-order valence-electron chi connectivity index (χ4n) is 0.673. The number of hydrogen-bond donors (Lipinski definition) is 2. The van der Waals surface area contributed by atoms with Gasteiger partial charge in [-0.3, -0.25) is 4.79 Å². The zero-order valence-electron chi connectivity index (χ0n) is 6.13. The average molecular weight is 171 g/mol. The van der Waals surface area contributed by atoms with E-state index in [9.17, 15) is 4.79 Å².